The lowest BCUT2D eigenvalue weighted by atomic mass is 10.1. The molecule has 0 amide bonds. The van der Waals surface area contributed by atoms with E-state index in [-0.39, 0.29) is 0 Å². The van der Waals surface area contributed by atoms with Crippen molar-refractivity contribution >= 4 is 28.7 Å². The van der Waals surface area contributed by atoms with E-state index in [0.717, 1.165) is 28.1 Å². The van der Waals surface area contributed by atoms with Crippen molar-refractivity contribution in [3.63, 3.8) is 0 Å². The molecule has 0 bridgehead atoms. The van der Waals surface area contributed by atoms with Gasteiger partial charge in [0.05, 0.1) is 5.71 Å². The van der Waals surface area contributed by atoms with E-state index in [4.69, 9.17) is 12.2 Å². The monoisotopic (exact) mass is 298 g/mol. The molecule has 1 aromatic carbocycles. The largest absolute Gasteiger partial charge is 0.331 e. The molecule has 0 saturated heterocycles. The van der Waals surface area contributed by atoms with Crippen molar-refractivity contribution in [3.8, 4) is 0 Å². The number of hydrogen-bond acceptors (Lipinski definition) is 3. The molecule has 0 aliphatic carbocycles. The average molecular weight is 298 g/mol. The lowest BCUT2D eigenvalue weighted by Crippen LogP contribution is -2.25. The van der Waals surface area contributed by atoms with Crippen LogP contribution in [0.25, 0.3) is 0 Å². The van der Waals surface area contributed by atoms with Crippen LogP contribution in [-0.2, 0) is 0 Å². The Hall–Kier alpha value is -2.27. The van der Waals surface area contributed by atoms with Crippen molar-refractivity contribution in [1.82, 2.24) is 10.4 Å². The fraction of sp³-hybridized carbons (Fsp3) is 0.188. The maximum atomic E-state index is 5.28. The standard InChI is InChI=1S/C16H18N4S/c1-11-6-4-7-12(2)15(11)18-16(21)20-19-13(3)14-8-5-9-17-10-14/h4-10H,1-3H3,(H2,18,20,21)/b19-13-. The number of aryl methyl sites for hydroxylation is 2. The van der Waals surface area contributed by atoms with Crippen LogP contribution in [0.15, 0.2) is 47.8 Å². The van der Waals surface area contributed by atoms with Gasteiger partial charge in [-0.15, -0.1) is 0 Å². The molecular weight excluding hydrogens is 280 g/mol. The van der Waals surface area contributed by atoms with Gasteiger partial charge in [-0.05, 0) is 50.2 Å². The molecule has 4 nitrogen and oxygen atoms in total. The zero-order valence-corrected chi connectivity index (χ0v) is 13.2. The normalized spacial score (nSPS) is 11.1. The third kappa shape index (κ3) is 4.10. The van der Waals surface area contributed by atoms with Crippen molar-refractivity contribution in [3.05, 3.63) is 59.4 Å². The SMILES string of the molecule is C/C(=N/NC(=S)Nc1c(C)cccc1C)c1cccnc1. The highest BCUT2D eigenvalue weighted by molar-refractivity contribution is 7.80. The minimum atomic E-state index is 0.468. The smallest absolute Gasteiger partial charge is 0.191 e. The van der Waals surface area contributed by atoms with E-state index >= 15 is 0 Å². The van der Waals surface area contributed by atoms with E-state index in [1.807, 2.05) is 51.1 Å². The van der Waals surface area contributed by atoms with Crippen molar-refractivity contribution in [2.75, 3.05) is 5.32 Å². The summed E-state index contributed by atoms with van der Waals surface area (Å²) in [6.45, 7) is 6.00. The van der Waals surface area contributed by atoms with E-state index < -0.39 is 0 Å². The fourth-order valence-electron chi connectivity index (χ4n) is 1.93. The number of rotatable bonds is 3. The predicted molar refractivity (Wildman–Crippen MR) is 91.7 cm³/mol. The molecule has 0 spiro atoms. The second kappa shape index (κ2) is 6.95. The maximum absolute atomic E-state index is 5.28. The number of hydrazone groups is 1. The molecule has 1 aromatic heterocycles. The summed E-state index contributed by atoms with van der Waals surface area (Å²) in [6.07, 6.45) is 3.50. The Morgan fingerprint density at radius 1 is 1.14 bits per heavy atom. The summed E-state index contributed by atoms with van der Waals surface area (Å²) in [6, 6.07) is 9.94. The number of benzene rings is 1. The molecule has 0 aliphatic rings. The number of pyridine rings is 1. The zero-order chi connectivity index (χ0) is 15.2. The molecule has 0 radical (unpaired) electrons. The summed E-state index contributed by atoms with van der Waals surface area (Å²) in [5.41, 5.74) is 7.96. The van der Waals surface area contributed by atoms with Crippen LogP contribution in [0, 0.1) is 13.8 Å². The summed E-state index contributed by atoms with van der Waals surface area (Å²) < 4.78 is 0. The molecular formula is C16H18N4S. The number of hydrogen-bond donors (Lipinski definition) is 2. The summed E-state index contributed by atoms with van der Waals surface area (Å²) in [5.74, 6) is 0. The third-order valence-electron chi connectivity index (χ3n) is 3.12. The first-order valence-electron chi connectivity index (χ1n) is 6.66. The topological polar surface area (TPSA) is 49.3 Å². The van der Waals surface area contributed by atoms with E-state index in [1.54, 1.807) is 12.4 Å². The molecule has 2 aromatic rings. The second-order valence-electron chi connectivity index (χ2n) is 4.77. The number of para-hydroxylation sites is 1. The lowest BCUT2D eigenvalue weighted by molar-refractivity contribution is 1.03. The van der Waals surface area contributed by atoms with E-state index in [9.17, 15) is 0 Å². The van der Waals surface area contributed by atoms with Gasteiger partial charge in [-0.2, -0.15) is 5.10 Å². The fourth-order valence-corrected chi connectivity index (χ4v) is 2.08. The van der Waals surface area contributed by atoms with Gasteiger partial charge < -0.3 is 5.32 Å². The highest BCUT2D eigenvalue weighted by Gasteiger charge is 2.04. The zero-order valence-electron chi connectivity index (χ0n) is 12.3. The van der Waals surface area contributed by atoms with Gasteiger partial charge in [0.2, 0.25) is 0 Å². The van der Waals surface area contributed by atoms with Gasteiger partial charge in [-0.1, -0.05) is 24.3 Å². The maximum Gasteiger partial charge on any atom is 0.191 e. The number of thiocarbonyl (C=S) groups is 1. The van der Waals surface area contributed by atoms with Crippen molar-refractivity contribution < 1.29 is 0 Å². The first-order valence-corrected chi connectivity index (χ1v) is 7.06. The highest BCUT2D eigenvalue weighted by atomic mass is 32.1. The van der Waals surface area contributed by atoms with Gasteiger partial charge >= 0.3 is 0 Å². The van der Waals surface area contributed by atoms with Crippen LogP contribution < -0.4 is 10.7 Å². The first-order chi connectivity index (χ1) is 10.1. The molecule has 2 rings (SSSR count). The molecule has 0 fully saturated rings. The molecule has 0 unspecified atom stereocenters. The van der Waals surface area contributed by atoms with Crippen LogP contribution in [-0.4, -0.2) is 15.8 Å². The average Bonchev–Trinajstić information content (AvgIpc) is 2.49. The van der Waals surface area contributed by atoms with Crippen molar-refractivity contribution in [1.29, 1.82) is 0 Å². The summed E-state index contributed by atoms with van der Waals surface area (Å²) in [5, 5.41) is 7.92. The van der Waals surface area contributed by atoms with E-state index in [1.165, 1.54) is 0 Å². The first kappa shape index (κ1) is 15.1. The Balaban J connectivity index is 2.03. The van der Waals surface area contributed by atoms with Crippen LogP contribution in [0.4, 0.5) is 5.69 Å². The van der Waals surface area contributed by atoms with Gasteiger partial charge in [0.15, 0.2) is 5.11 Å². The molecule has 108 valence electrons. The second-order valence-corrected chi connectivity index (χ2v) is 5.18. The van der Waals surface area contributed by atoms with Crippen LogP contribution >= 0.6 is 12.2 Å². The number of nitrogens with zero attached hydrogens (tertiary/aromatic N) is 2. The van der Waals surface area contributed by atoms with E-state index in [2.05, 4.69) is 20.8 Å². The van der Waals surface area contributed by atoms with Crippen molar-refractivity contribution in [2.24, 2.45) is 5.10 Å². The van der Waals surface area contributed by atoms with Crippen molar-refractivity contribution in [2.45, 2.75) is 20.8 Å². The van der Waals surface area contributed by atoms with Gasteiger partial charge in [0.1, 0.15) is 0 Å². The molecule has 5 heteroatoms. The predicted octanol–water partition coefficient (Wildman–Crippen LogP) is 3.41. The molecule has 0 saturated carbocycles. The van der Waals surface area contributed by atoms with Crippen LogP contribution in [0.5, 0.6) is 0 Å². The number of anilines is 1. The summed E-state index contributed by atoms with van der Waals surface area (Å²) >= 11 is 5.28. The minimum Gasteiger partial charge on any atom is -0.331 e. The summed E-state index contributed by atoms with van der Waals surface area (Å²) in [4.78, 5) is 4.07. The van der Waals surface area contributed by atoms with Gasteiger partial charge in [0.25, 0.3) is 0 Å². The Kier molecular flexibility index (Phi) is 5.00. The Bertz CT molecular complexity index is 645. The van der Waals surface area contributed by atoms with E-state index in [0.29, 0.717) is 5.11 Å². The van der Waals surface area contributed by atoms with Gasteiger partial charge in [-0.3, -0.25) is 10.4 Å². The number of aromatic nitrogens is 1. The third-order valence-corrected chi connectivity index (χ3v) is 3.32. The van der Waals surface area contributed by atoms with Gasteiger partial charge in [0, 0.05) is 23.6 Å². The number of nitrogens with one attached hydrogen (secondary N) is 2. The molecule has 2 N–H and O–H groups in total. The van der Waals surface area contributed by atoms with Crippen LogP contribution in [0.1, 0.15) is 23.6 Å². The van der Waals surface area contributed by atoms with Gasteiger partial charge in [-0.25, -0.2) is 0 Å². The summed E-state index contributed by atoms with van der Waals surface area (Å²) in [7, 11) is 0. The molecule has 0 aliphatic heterocycles. The Morgan fingerprint density at radius 2 is 1.86 bits per heavy atom. The molecule has 21 heavy (non-hydrogen) atoms. The van der Waals surface area contributed by atoms with Crippen LogP contribution in [0.2, 0.25) is 0 Å². The molecule has 1 heterocycles. The Morgan fingerprint density at radius 3 is 2.48 bits per heavy atom. The van der Waals surface area contributed by atoms with Crippen LogP contribution in [0.3, 0.4) is 0 Å². The lowest BCUT2D eigenvalue weighted by Gasteiger charge is -2.13. The Labute approximate surface area is 130 Å². The quantitative estimate of drug-likeness (QED) is 0.518. The molecule has 0 atom stereocenters. The minimum absolute atomic E-state index is 0.468. The highest BCUT2D eigenvalue weighted by Crippen LogP contribution is 2.19.